The molecule has 1 amide bonds. The summed E-state index contributed by atoms with van der Waals surface area (Å²) in [6, 6.07) is 8.33. The minimum atomic E-state index is -4.80. The van der Waals surface area contributed by atoms with Crippen molar-refractivity contribution in [2.24, 2.45) is 5.92 Å². The van der Waals surface area contributed by atoms with Crippen LogP contribution in [0.2, 0.25) is 5.02 Å². The number of alkyl halides is 3. The topological polar surface area (TPSA) is 91.0 Å². The number of hydrogen-bond acceptors (Lipinski definition) is 5. The Morgan fingerprint density at radius 1 is 1.15 bits per heavy atom. The Kier molecular flexibility index (Phi) is 7.54. The summed E-state index contributed by atoms with van der Waals surface area (Å²) in [5.41, 5.74) is -0.998. The fraction of sp³-hybridized carbons (Fsp3) is 0.333. The molecule has 3 heterocycles. The van der Waals surface area contributed by atoms with Crippen molar-refractivity contribution in [2.45, 2.75) is 44.4 Å². The van der Waals surface area contributed by atoms with Crippen molar-refractivity contribution >= 4 is 28.7 Å². The van der Waals surface area contributed by atoms with E-state index < -0.39 is 29.2 Å². The minimum Gasteiger partial charge on any atom is -0.494 e. The first-order valence-electron chi connectivity index (χ1n) is 12.5. The Labute approximate surface area is 230 Å². The Bertz CT molecular complexity index is 1630. The zero-order chi connectivity index (χ0) is 28.6. The van der Waals surface area contributed by atoms with E-state index in [9.17, 15) is 27.2 Å². The van der Waals surface area contributed by atoms with Crippen LogP contribution in [0.25, 0.3) is 16.9 Å². The van der Waals surface area contributed by atoms with Crippen LogP contribution in [-0.4, -0.2) is 38.2 Å². The zero-order valence-electron chi connectivity index (χ0n) is 21.2. The van der Waals surface area contributed by atoms with Crippen molar-refractivity contribution in [2.75, 3.05) is 7.11 Å². The molecule has 1 aromatic carbocycles. The Balaban J connectivity index is 1.31. The number of pyridine rings is 2. The maximum atomic E-state index is 14.4. The van der Waals surface area contributed by atoms with E-state index in [2.05, 4.69) is 15.3 Å². The van der Waals surface area contributed by atoms with Crippen LogP contribution in [0.5, 0.6) is 5.75 Å². The molecule has 1 aliphatic rings. The molecule has 0 saturated heterocycles. The lowest BCUT2D eigenvalue weighted by Gasteiger charge is -2.29. The van der Waals surface area contributed by atoms with Crippen molar-refractivity contribution in [3.63, 3.8) is 0 Å². The van der Waals surface area contributed by atoms with Gasteiger partial charge in [0.15, 0.2) is 22.9 Å². The van der Waals surface area contributed by atoms with E-state index in [1.54, 1.807) is 29.0 Å². The van der Waals surface area contributed by atoms with Crippen LogP contribution in [0.15, 0.2) is 53.6 Å². The van der Waals surface area contributed by atoms with Gasteiger partial charge in [-0.25, -0.2) is 23.7 Å². The molecule has 1 fully saturated rings. The number of hydrogen-bond donors (Lipinski definition) is 1. The second-order valence-corrected chi connectivity index (χ2v) is 10.1. The fourth-order valence-corrected chi connectivity index (χ4v) is 5.30. The SMILES string of the molecule is COc1ccc(-n2c(=O)n(CC3CCC(NC(=O)c4cc(Cl)cnc4C(F)(F)F)CC3)c3cccnc32)cc1F. The van der Waals surface area contributed by atoms with Gasteiger partial charge in [-0.1, -0.05) is 11.6 Å². The number of nitrogens with one attached hydrogen (secondary N) is 1. The molecule has 1 N–H and O–H groups in total. The smallest absolute Gasteiger partial charge is 0.434 e. The molecule has 0 bridgehead atoms. The number of imidazole rings is 1. The average molecular weight is 578 g/mol. The molecule has 210 valence electrons. The molecule has 8 nitrogen and oxygen atoms in total. The number of nitrogens with zero attached hydrogens (tertiary/aromatic N) is 4. The first-order chi connectivity index (χ1) is 19.1. The van der Waals surface area contributed by atoms with E-state index in [-0.39, 0.29) is 28.4 Å². The molecule has 0 spiro atoms. The first-order valence-corrected chi connectivity index (χ1v) is 12.9. The summed E-state index contributed by atoms with van der Waals surface area (Å²) < 4.78 is 62.4. The molecular formula is C27H24ClF4N5O3. The highest BCUT2D eigenvalue weighted by atomic mass is 35.5. The molecule has 5 rings (SSSR count). The number of amides is 1. The van der Waals surface area contributed by atoms with Crippen LogP contribution in [0, 0.1) is 11.7 Å². The first kappa shape index (κ1) is 27.6. The van der Waals surface area contributed by atoms with Gasteiger partial charge < -0.3 is 10.1 Å². The van der Waals surface area contributed by atoms with Crippen molar-refractivity contribution in [1.29, 1.82) is 0 Å². The van der Waals surface area contributed by atoms with Crippen molar-refractivity contribution in [3.05, 3.63) is 81.4 Å². The predicted octanol–water partition coefficient (Wildman–Crippen LogP) is 5.39. The molecular weight excluding hydrogens is 554 g/mol. The van der Waals surface area contributed by atoms with Gasteiger partial charge in [-0.05, 0) is 61.9 Å². The molecule has 0 aliphatic heterocycles. The van der Waals surface area contributed by atoms with Crippen LogP contribution in [0.1, 0.15) is 41.7 Å². The number of fused-ring (bicyclic) bond motifs is 1. The number of carbonyl (C=O) groups is 1. The summed E-state index contributed by atoms with van der Waals surface area (Å²) in [5, 5.41) is 2.60. The number of benzene rings is 1. The number of methoxy groups -OCH3 is 1. The highest BCUT2D eigenvalue weighted by Crippen LogP contribution is 2.32. The third-order valence-corrected chi connectivity index (χ3v) is 7.28. The van der Waals surface area contributed by atoms with E-state index in [0.29, 0.717) is 49.1 Å². The molecule has 4 aromatic rings. The molecule has 13 heteroatoms. The predicted molar refractivity (Wildman–Crippen MR) is 139 cm³/mol. The van der Waals surface area contributed by atoms with Gasteiger partial charge in [0.05, 0.1) is 28.9 Å². The van der Waals surface area contributed by atoms with Crippen molar-refractivity contribution in [1.82, 2.24) is 24.4 Å². The lowest BCUT2D eigenvalue weighted by atomic mass is 9.85. The van der Waals surface area contributed by atoms with Crippen LogP contribution < -0.4 is 15.7 Å². The number of ether oxygens (including phenoxy) is 1. The summed E-state index contributed by atoms with van der Waals surface area (Å²) >= 11 is 5.80. The third-order valence-electron chi connectivity index (χ3n) is 7.07. The highest BCUT2D eigenvalue weighted by Gasteiger charge is 2.38. The summed E-state index contributed by atoms with van der Waals surface area (Å²) in [4.78, 5) is 33.9. The number of rotatable bonds is 6. The summed E-state index contributed by atoms with van der Waals surface area (Å²) in [6.07, 6.45) is -0.110. The normalized spacial score (nSPS) is 17.6. The van der Waals surface area contributed by atoms with E-state index in [0.717, 1.165) is 12.3 Å². The lowest BCUT2D eigenvalue weighted by molar-refractivity contribution is -0.141. The molecule has 1 aliphatic carbocycles. The van der Waals surface area contributed by atoms with Crippen LogP contribution in [-0.2, 0) is 12.7 Å². The lowest BCUT2D eigenvalue weighted by Crippen LogP contribution is -2.39. The average Bonchev–Trinajstić information content (AvgIpc) is 3.19. The highest BCUT2D eigenvalue weighted by molar-refractivity contribution is 6.30. The van der Waals surface area contributed by atoms with Gasteiger partial charge in [-0.2, -0.15) is 13.2 Å². The van der Waals surface area contributed by atoms with Crippen LogP contribution in [0.4, 0.5) is 17.6 Å². The van der Waals surface area contributed by atoms with Gasteiger partial charge in [0.1, 0.15) is 0 Å². The molecule has 0 radical (unpaired) electrons. The Morgan fingerprint density at radius 3 is 2.58 bits per heavy atom. The Hall–Kier alpha value is -3.93. The molecule has 0 atom stereocenters. The fourth-order valence-electron chi connectivity index (χ4n) is 5.14. The second-order valence-electron chi connectivity index (χ2n) is 9.63. The van der Waals surface area contributed by atoms with E-state index in [1.807, 2.05) is 0 Å². The molecule has 0 unspecified atom stereocenters. The second kappa shape index (κ2) is 10.9. The zero-order valence-corrected chi connectivity index (χ0v) is 22.0. The van der Waals surface area contributed by atoms with Crippen molar-refractivity contribution < 1.29 is 27.1 Å². The maximum Gasteiger partial charge on any atom is 0.434 e. The van der Waals surface area contributed by atoms with E-state index in [4.69, 9.17) is 16.3 Å². The largest absolute Gasteiger partial charge is 0.494 e. The minimum absolute atomic E-state index is 0.0543. The quantitative estimate of drug-likeness (QED) is 0.310. The van der Waals surface area contributed by atoms with Gasteiger partial charge in [0, 0.05) is 31.0 Å². The maximum absolute atomic E-state index is 14.4. The molecule has 1 saturated carbocycles. The molecule has 3 aromatic heterocycles. The molecule has 40 heavy (non-hydrogen) atoms. The summed E-state index contributed by atoms with van der Waals surface area (Å²) in [5.74, 6) is -1.38. The van der Waals surface area contributed by atoms with Crippen LogP contribution in [0.3, 0.4) is 0 Å². The third kappa shape index (κ3) is 5.40. The van der Waals surface area contributed by atoms with Gasteiger partial charge >= 0.3 is 11.9 Å². The summed E-state index contributed by atoms with van der Waals surface area (Å²) in [6.45, 7) is 0.365. The number of halogens is 5. The van der Waals surface area contributed by atoms with Gasteiger partial charge in [-0.3, -0.25) is 9.36 Å². The van der Waals surface area contributed by atoms with Gasteiger partial charge in [0.25, 0.3) is 5.91 Å². The Morgan fingerprint density at radius 2 is 1.90 bits per heavy atom. The monoisotopic (exact) mass is 577 g/mol. The number of carbonyl (C=O) groups excluding carboxylic acids is 1. The van der Waals surface area contributed by atoms with Gasteiger partial charge in [0.2, 0.25) is 0 Å². The van der Waals surface area contributed by atoms with E-state index in [1.165, 1.54) is 23.8 Å². The van der Waals surface area contributed by atoms with Crippen LogP contribution >= 0.6 is 11.6 Å². The van der Waals surface area contributed by atoms with Crippen molar-refractivity contribution in [3.8, 4) is 11.4 Å². The van der Waals surface area contributed by atoms with E-state index >= 15 is 0 Å². The summed E-state index contributed by atoms with van der Waals surface area (Å²) in [7, 11) is 1.35. The number of aromatic nitrogens is 4. The standard InChI is InChI=1S/C27H24ClF4N5O3/c1-40-22-9-8-18(12-20(22)29)37-24-21(3-2-10-33-24)36(26(37)39)14-15-4-6-17(7-5-15)35-25(38)19-11-16(28)13-34-23(19)27(30,31)32/h2-3,8-13,15,17H,4-7,14H2,1H3,(H,35,38). The van der Waals surface area contributed by atoms with Gasteiger partial charge in [-0.15, -0.1) is 0 Å².